The molecule has 1 saturated heterocycles. The molecule has 21 heavy (non-hydrogen) atoms. The van der Waals surface area contributed by atoms with Crippen molar-refractivity contribution in [1.82, 2.24) is 19.9 Å². The van der Waals surface area contributed by atoms with Crippen LogP contribution in [0.2, 0.25) is 0 Å². The van der Waals surface area contributed by atoms with Gasteiger partial charge in [0.05, 0.1) is 18.4 Å². The molecule has 1 fully saturated rings. The Bertz CT molecular complexity index is 614. The summed E-state index contributed by atoms with van der Waals surface area (Å²) >= 11 is 3.52. The highest BCUT2D eigenvalue weighted by molar-refractivity contribution is 9.10. The molecule has 1 aliphatic heterocycles. The van der Waals surface area contributed by atoms with Crippen molar-refractivity contribution in [2.24, 2.45) is 0 Å². The van der Waals surface area contributed by atoms with E-state index in [0.29, 0.717) is 13.0 Å². The van der Waals surface area contributed by atoms with Crippen LogP contribution >= 0.6 is 15.9 Å². The molecule has 2 heterocycles. The van der Waals surface area contributed by atoms with Crippen molar-refractivity contribution >= 4 is 21.8 Å². The maximum atomic E-state index is 12.3. The molecule has 1 atom stereocenters. The lowest BCUT2D eigenvalue weighted by atomic mass is 10.1. The zero-order valence-electron chi connectivity index (χ0n) is 11.7. The number of halogens is 1. The second-order valence-corrected chi connectivity index (χ2v) is 6.08. The van der Waals surface area contributed by atoms with Crippen LogP contribution in [0, 0.1) is 0 Å². The first-order valence-electron chi connectivity index (χ1n) is 7.11. The van der Waals surface area contributed by atoms with Crippen molar-refractivity contribution in [3.05, 3.63) is 46.7 Å². The Morgan fingerprint density at radius 2 is 2.05 bits per heavy atom. The van der Waals surface area contributed by atoms with Crippen LogP contribution in [-0.2, 0) is 11.2 Å². The van der Waals surface area contributed by atoms with Gasteiger partial charge in [-0.25, -0.2) is 0 Å². The van der Waals surface area contributed by atoms with Crippen molar-refractivity contribution in [1.29, 1.82) is 0 Å². The second-order valence-electron chi connectivity index (χ2n) is 5.22. The molecule has 2 aromatic rings. The summed E-state index contributed by atoms with van der Waals surface area (Å²) in [5.74, 6) is 0.209. The van der Waals surface area contributed by atoms with E-state index in [-0.39, 0.29) is 11.9 Å². The number of amides is 1. The highest BCUT2D eigenvalue weighted by Crippen LogP contribution is 2.22. The van der Waals surface area contributed by atoms with Crippen LogP contribution in [0.3, 0.4) is 0 Å². The molecule has 1 aliphatic rings. The SMILES string of the molecule is O=C(CCc1ccccc1Br)N1CC[C@H](n2nccn2)C1. The molecule has 6 heteroatoms. The van der Waals surface area contributed by atoms with E-state index < -0.39 is 0 Å². The molecule has 1 amide bonds. The van der Waals surface area contributed by atoms with Gasteiger partial charge in [-0.3, -0.25) is 4.79 Å². The van der Waals surface area contributed by atoms with Gasteiger partial charge < -0.3 is 4.90 Å². The Morgan fingerprint density at radius 1 is 1.29 bits per heavy atom. The quantitative estimate of drug-likeness (QED) is 0.852. The molecule has 110 valence electrons. The Balaban J connectivity index is 1.54. The number of nitrogens with zero attached hydrogens (tertiary/aromatic N) is 4. The number of aryl methyl sites for hydroxylation is 1. The van der Waals surface area contributed by atoms with E-state index in [9.17, 15) is 4.79 Å². The third-order valence-electron chi connectivity index (χ3n) is 3.85. The van der Waals surface area contributed by atoms with E-state index in [1.54, 1.807) is 17.2 Å². The van der Waals surface area contributed by atoms with Gasteiger partial charge in [-0.05, 0) is 24.5 Å². The second kappa shape index (κ2) is 6.39. The van der Waals surface area contributed by atoms with Crippen LogP contribution in [0.5, 0.6) is 0 Å². The minimum atomic E-state index is 0.209. The molecule has 0 N–H and O–H groups in total. The lowest BCUT2D eigenvalue weighted by Gasteiger charge is -2.16. The Hall–Kier alpha value is -1.69. The molecule has 0 aliphatic carbocycles. The minimum absolute atomic E-state index is 0.209. The fourth-order valence-corrected chi connectivity index (χ4v) is 3.16. The van der Waals surface area contributed by atoms with Gasteiger partial charge in [0, 0.05) is 24.0 Å². The van der Waals surface area contributed by atoms with Gasteiger partial charge in [0.25, 0.3) is 0 Å². The molecule has 0 unspecified atom stereocenters. The fourth-order valence-electron chi connectivity index (χ4n) is 2.67. The summed E-state index contributed by atoms with van der Waals surface area (Å²) in [7, 11) is 0. The normalized spacial score (nSPS) is 18.1. The van der Waals surface area contributed by atoms with Gasteiger partial charge in [0.2, 0.25) is 5.91 Å². The van der Waals surface area contributed by atoms with Crippen LogP contribution in [0.1, 0.15) is 24.4 Å². The zero-order valence-corrected chi connectivity index (χ0v) is 13.2. The molecule has 3 rings (SSSR count). The summed E-state index contributed by atoms with van der Waals surface area (Å²) in [6, 6.07) is 8.26. The smallest absolute Gasteiger partial charge is 0.222 e. The van der Waals surface area contributed by atoms with Crippen LogP contribution in [0.15, 0.2) is 41.1 Å². The maximum absolute atomic E-state index is 12.3. The van der Waals surface area contributed by atoms with Crippen LogP contribution in [0.4, 0.5) is 0 Å². The average Bonchev–Trinajstić information content (AvgIpc) is 3.16. The van der Waals surface area contributed by atoms with Gasteiger partial charge in [0.15, 0.2) is 0 Å². The molecule has 1 aromatic heterocycles. The van der Waals surface area contributed by atoms with Crippen molar-refractivity contribution in [3.63, 3.8) is 0 Å². The molecule has 0 radical (unpaired) electrons. The van der Waals surface area contributed by atoms with Crippen LogP contribution in [-0.4, -0.2) is 38.9 Å². The molecule has 0 saturated carbocycles. The van der Waals surface area contributed by atoms with E-state index in [4.69, 9.17) is 0 Å². The van der Waals surface area contributed by atoms with E-state index in [2.05, 4.69) is 32.2 Å². The third kappa shape index (κ3) is 3.32. The number of carbonyl (C=O) groups is 1. The molecular formula is C15H17BrN4O. The van der Waals surface area contributed by atoms with Crippen molar-refractivity contribution in [2.75, 3.05) is 13.1 Å². The number of aromatic nitrogens is 3. The number of benzene rings is 1. The Labute approximate surface area is 132 Å². The standard InChI is InChI=1S/C15H17BrN4O/c16-14-4-2-1-3-12(14)5-6-15(21)19-10-7-13(11-19)20-17-8-9-18-20/h1-4,8-9,13H,5-7,10-11H2/t13-/m0/s1. The minimum Gasteiger partial charge on any atom is -0.340 e. The number of rotatable bonds is 4. The number of hydrogen-bond acceptors (Lipinski definition) is 3. The molecule has 0 bridgehead atoms. The van der Waals surface area contributed by atoms with Gasteiger partial charge >= 0.3 is 0 Å². The van der Waals surface area contributed by atoms with E-state index in [1.807, 2.05) is 23.1 Å². The average molecular weight is 349 g/mol. The van der Waals surface area contributed by atoms with Crippen molar-refractivity contribution in [2.45, 2.75) is 25.3 Å². The third-order valence-corrected chi connectivity index (χ3v) is 4.62. The first-order valence-corrected chi connectivity index (χ1v) is 7.90. The summed E-state index contributed by atoms with van der Waals surface area (Å²) in [4.78, 5) is 15.9. The zero-order chi connectivity index (χ0) is 14.7. The predicted octanol–water partition coefficient (Wildman–Crippen LogP) is 2.45. The Kier molecular flexibility index (Phi) is 4.34. The van der Waals surface area contributed by atoms with Gasteiger partial charge in [-0.1, -0.05) is 34.1 Å². The largest absolute Gasteiger partial charge is 0.340 e. The monoisotopic (exact) mass is 348 g/mol. The molecule has 5 nitrogen and oxygen atoms in total. The molecule has 0 spiro atoms. The van der Waals surface area contributed by atoms with Crippen LogP contribution < -0.4 is 0 Å². The van der Waals surface area contributed by atoms with Gasteiger partial charge in [0.1, 0.15) is 0 Å². The number of carbonyl (C=O) groups excluding carboxylic acids is 1. The summed E-state index contributed by atoms with van der Waals surface area (Å²) in [5, 5.41) is 8.32. The Morgan fingerprint density at radius 3 is 2.81 bits per heavy atom. The van der Waals surface area contributed by atoms with Gasteiger partial charge in [-0.15, -0.1) is 0 Å². The highest BCUT2D eigenvalue weighted by atomic mass is 79.9. The summed E-state index contributed by atoms with van der Waals surface area (Å²) < 4.78 is 1.07. The summed E-state index contributed by atoms with van der Waals surface area (Å²) in [6.07, 6.45) is 5.59. The first kappa shape index (κ1) is 14.3. The topological polar surface area (TPSA) is 51.0 Å². The van der Waals surface area contributed by atoms with Crippen molar-refractivity contribution < 1.29 is 4.79 Å². The number of likely N-dealkylation sites (tertiary alicyclic amines) is 1. The number of hydrogen-bond donors (Lipinski definition) is 0. The van der Waals surface area contributed by atoms with Gasteiger partial charge in [-0.2, -0.15) is 15.0 Å². The fraction of sp³-hybridized carbons (Fsp3) is 0.400. The molecule has 1 aromatic carbocycles. The first-order chi connectivity index (χ1) is 10.2. The summed E-state index contributed by atoms with van der Waals surface area (Å²) in [6.45, 7) is 1.50. The predicted molar refractivity (Wildman–Crippen MR) is 82.7 cm³/mol. The lowest BCUT2D eigenvalue weighted by molar-refractivity contribution is -0.130. The van der Waals surface area contributed by atoms with E-state index >= 15 is 0 Å². The highest BCUT2D eigenvalue weighted by Gasteiger charge is 2.28. The summed E-state index contributed by atoms with van der Waals surface area (Å²) in [5.41, 5.74) is 1.18. The lowest BCUT2D eigenvalue weighted by Crippen LogP contribution is -2.29. The van der Waals surface area contributed by atoms with Crippen molar-refractivity contribution in [3.8, 4) is 0 Å². The van der Waals surface area contributed by atoms with Crippen LogP contribution in [0.25, 0.3) is 0 Å². The maximum Gasteiger partial charge on any atom is 0.222 e. The molecular weight excluding hydrogens is 332 g/mol. The van der Waals surface area contributed by atoms with E-state index in [0.717, 1.165) is 23.9 Å². The van der Waals surface area contributed by atoms with E-state index in [1.165, 1.54) is 5.56 Å².